The molecule has 0 saturated carbocycles. The topological polar surface area (TPSA) is 117 Å². The Labute approximate surface area is 151 Å². The lowest BCUT2D eigenvalue weighted by Crippen LogP contribution is -2.24. The Morgan fingerprint density at radius 2 is 2.00 bits per heavy atom. The van der Waals surface area contributed by atoms with Gasteiger partial charge in [-0.2, -0.15) is 4.98 Å². The summed E-state index contributed by atoms with van der Waals surface area (Å²) >= 11 is 0. The van der Waals surface area contributed by atoms with Gasteiger partial charge in [-0.15, -0.1) is 0 Å². The zero-order valence-corrected chi connectivity index (χ0v) is 14.8. The van der Waals surface area contributed by atoms with Crippen molar-refractivity contribution in [3.05, 3.63) is 57.5 Å². The maximum absolute atomic E-state index is 12.1. The molecule has 0 atom stereocenters. The van der Waals surface area contributed by atoms with E-state index in [9.17, 15) is 9.59 Å². The molecule has 1 aromatic carbocycles. The second-order valence-corrected chi connectivity index (χ2v) is 6.30. The third-order valence-corrected chi connectivity index (χ3v) is 4.36. The van der Waals surface area contributed by atoms with E-state index in [-0.39, 0.29) is 17.4 Å². The minimum atomic E-state index is -0.233. The summed E-state index contributed by atoms with van der Waals surface area (Å²) in [5.41, 5.74) is 8.48. The molecule has 0 aliphatic heterocycles. The second-order valence-electron chi connectivity index (χ2n) is 6.30. The highest BCUT2D eigenvalue weighted by atomic mass is 16.1. The molecule has 0 aliphatic carbocycles. The fourth-order valence-electron chi connectivity index (χ4n) is 2.90. The summed E-state index contributed by atoms with van der Waals surface area (Å²) in [6, 6.07) is 7.57. The van der Waals surface area contributed by atoms with E-state index >= 15 is 0 Å². The van der Waals surface area contributed by atoms with Crippen LogP contribution in [0.1, 0.15) is 41.3 Å². The normalized spacial score (nSPS) is 11.0. The fourth-order valence-corrected chi connectivity index (χ4v) is 2.90. The average Bonchev–Trinajstić information content (AvgIpc) is 3.03. The molecule has 0 fully saturated rings. The largest absolute Gasteiger partial charge is 0.369 e. The molecular weight excluding hydrogens is 330 g/mol. The third-order valence-electron chi connectivity index (χ3n) is 4.36. The van der Waals surface area contributed by atoms with Crippen molar-refractivity contribution >= 4 is 22.9 Å². The Balaban J connectivity index is 1.65. The minimum Gasteiger partial charge on any atom is -0.369 e. The number of aryl methyl sites for hydroxylation is 2. The Kier molecular flexibility index (Phi) is 5.36. The van der Waals surface area contributed by atoms with Gasteiger partial charge in [0.25, 0.3) is 11.5 Å². The molecule has 0 spiro atoms. The number of carbonyl (C=O) groups is 1. The number of aromatic amines is 2. The number of aromatic nitrogens is 3. The number of H-pyrrole nitrogens is 2. The number of fused-ring (bicyclic) bond motifs is 1. The third kappa shape index (κ3) is 3.93. The van der Waals surface area contributed by atoms with Crippen LogP contribution in [0.5, 0.6) is 0 Å². The van der Waals surface area contributed by atoms with Crippen LogP contribution in [0.2, 0.25) is 0 Å². The molecule has 2 heterocycles. The van der Waals surface area contributed by atoms with Gasteiger partial charge in [0.2, 0.25) is 5.95 Å². The number of nitrogens with one attached hydrogen (secondary N) is 3. The number of nitrogens with two attached hydrogens (primary N) is 1. The lowest BCUT2D eigenvalue weighted by Gasteiger charge is -2.06. The standard InChI is InChI=1S/C19H23N5O2/c1-2-3-10-21-17(25)13-7-4-12(5-8-13)6-9-14-11-22-16-15(14)18(26)24-19(20)23-16/h4-5,7-8,11H,2-3,6,9-10H2,1H3,(H,21,25)(H4,20,22,23,24,26). The van der Waals surface area contributed by atoms with Gasteiger partial charge in [0.1, 0.15) is 5.65 Å². The Morgan fingerprint density at radius 3 is 2.73 bits per heavy atom. The van der Waals surface area contributed by atoms with Crippen molar-refractivity contribution in [2.24, 2.45) is 0 Å². The van der Waals surface area contributed by atoms with Crippen LogP contribution in [0.3, 0.4) is 0 Å². The molecule has 26 heavy (non-hydrogen) atoms. The van der Waals surface area contributed by atoms with E-state index in [4.69, 9.17) is 5.73 Å². The molecule has 5 N–H and O–H groups in total. The molecular formula is C19H23N5O2. The number of anilines is 1. The first-order valence-corrected chi connectivity index (χ1v) is 8.81. The number of nitrogen functional groups attached to an aromatic ring is 1. The van der Waals surface area contributed by atoms with Gasteiger partial charge in [0.05, 0.1) is 5.39 Å². The summed E-state index contributed by atoms with van der Waals surface area (Å²) in [5.74, 6) is 0.0560. The first kappa shape index (κ1) is 17.7. The van der Waals surface area contributed by atoms with Crippen LogP contribution in [0.15, 0.2) is 35.3 Å². The highest BCUT2D eigenvalue weighted by Gasteiger charge is 2.10. The van der Waals surface area contributed by atoms with E-state index < -0.39 is 0 Å². The average molecular weight is 353 g/mol. The second kappa shape index (κ2) is 7.86. The highest BCUT2D eigenvalue weighted by Crippen LogP contribution is 2.16. The summed E-state index contributed by atoms with van der Waals surface area (Å²) < 4.78 is 0. The zero-order valence-electron chi connectivity index (χ0n) is 14.8. The van der Waals surface area contributed by atoms with E-state index in [0.29, 0.717) is 29.6 Å². The smallest absolute Gasteiger partial charge is 0.262 e. The molecule has 136 valence electrons. The lowest BCUT2D eigenvalue weighted by molar-refractivity contribution is 0.0953. The molecule has 0 unspecified atom stereocenters. The first-order chi connectivity index (χ1) is 12.6. The maximum Gasteiger partial charge on any atom is 0.262 e. The Hall–Kier alpha value is -3.09. The molecule has 3 rings (SSSR count). The number of unbranched alkanes of at least 4 members (excludes halogenated alkanes) is 1. The number of benzene rings is 1. The fraction of sp³-hybridized carbons (Fsp3) is 0.316. The molecule has 0 saturated heterocycles. The SMILES string of the molecule is CCCCNC(=O)c1ccc(CCc2c[nH]c3nc(N)[nH]c(=O)c23)cc1. The molecule has 7 heteroatoms. The van der Waals surface area contributed by atoms with Crippen LogP contribution in [-0.4, -0.2) is 27.4 Å². The molecule has 7 nitrogen and oxygen atoms in total. The van der Waals surface area contributed by atoms with E-state index in [2.05, 4.69) is 27.2 Å². The van der Waals surface area contributed by atoms with Crippen molar-refractivity contribution < 1.29 is 4.79 Å². The van der Waals surface area contributed by atoms with Gasteiger partial charge in [-0.25, -0.2) is 0 Å². The van der Waals surface area contributed by atoms with Crippen molar-refractivity contribution in [3.8, 4) is 0 Å². The zero-order chi connectivity index (χ0) is 18.5. The van der Waals surface area contributed by atoms with Crippen LogP contribution < -0.4 is 16.6 Å². The van der Waals surface area contributed by atoms with Crippen LogP contribution in [0, 0.1) is 0 Å². The first-order valence-electron chi connectivity index (χ1n) is 8.81. The van der Waals surface area contributed by atoms with E-state index in [0.717, 1.165) is 30.4 Å². The molecule has 0 radical (unpaired) electrons. The number of rotatable bonds is 7. The highest BCUT2D eigenvalue weighted by molar-refractivity contribution is 5.94. The van der Waals surface area contributed by atoms with Crippen LogP contribution in [0.4, 0.5) is 5.95 Å². The van der Waals surface area contributed by atoms with Crippen LogP contribution in [-0.2, 0) is 12.8 Å². The van der Waals surface area contributed by atoms with Crippen molar-refractivity contribution in [1.29, 1.82) is 0 Å². The van der Waals surface area contributed by atoms with Gasteiger partial charge < -0.3 is 16.0 Å². The van der Waals surface area contributed by atoms with Crippen LogP contribution in [0.25, 0.3) is 11.0 Å². The molecule has 0 aliphatic rings. The van der Waals surface area contributed by atoms with Crippen LogP contribution >= 0.6 is 0 Å². The Bertz CT molecular complexity index is 956. The molecule has 1 amide bonds. The predicted molar refractivity (Wildman–Crippen MR) is 102 cm³/mol. The van der Waals surface area contributed by atoms with E-state index in [1.807, 2.05) is 24.3 Å². The quantitative estimate of drug-likeness (QED) is 0.487. The minimum absolute atomic E-state index is 0.0446. The van der Waals surface area contributed by atoms with Crippen molar-refractivity contribution in [3.63, 3.8) is 0 Å². The van der Waals surface area contributed by atoms with Crippen molar-refractivity contribution in [2.45, 2.75) is 32.6 Å². The van der Waals surface area contributed by atoms with Gasteiger partial charge in [0, 0.05) is 18.3 Å². The summed E-state index contributed by atoms with van der Waals surface area (Å²) in [6.45, 7) is 2.79. The summed E-state index contributed by atoms with van der Waals surface area (Å²) in [5, 5.41) is 3.45. The number of nitrogens with zero attached hydrogens (tertiary/aromatic N) is 1. The number of amides is 1. The van der Waals surface area contributed by atoms with Gasteiger partial charge in [-0.3, -0.25) is 14.6 Å². The van der Waals surface area contributed by atoms with E-state index in [1.165, 1.54) is 0 Å². The monoisotopic (exact) mass is 353 g/mol. The maximum atomic E-state index is 12.1. The lowest BCUT2D eigenvalue weighted by atomic mass is 10.0. The van der Waals surface area contributed by atoms with E-state index in [1.54, 1.807) is 6.20 Å². The van der Waals surface area contributed by atoms with Crippen molar-refractivity contribution in [2.75, 3.05) is 12.3 Å². The van der Waals surface area contributed by atoms with Gasteiger partial charge >= 0.3 is 0 Å². The van der Waals surface area contributed by atoms with Gasteiger partial charge in [-0.05, 0) is 42.5 Å². The number of carbonyl (C=O) groups excluding carboxylic acids is 1. The summed E-state index contributed by atoms with van der Waals surface area (Å²) in [6.07, 6.45) is 5.28. The Morgan fingerprint density at radius 1 is 1.23 bits per heavy atom. The molecule has 2 aromatic heterocycles. The van der Waals surface area contributed by atoms with Gasteiger partial charge in [0.15, 0.2) is 0 Å². The van der Waals surface area contributed by atoms with Gasteiger partial charge in [-0.1, -0.05) is 25.5 Å². The summed E-state index contributed by atoms with van der Waals surface area (Å²) in [4.78, 5) is 33.7. The summed E-state index contributed by atoms with van der Waals surface area (Å²) in [7, 11) is 0. The number of hydrogen-bond donors (Lipinski definition) is 4. The van der Waals surface area contributed by atoms with Crippen molar-refractivity contribution in [1.82, 2.24) is 20.3 Å². The predicted octanol–water partition coefficient (Wildman–Crippen LogP) is 2.15. The number of hydrogen-bond acceptors (Lipinski definition) is 4. The molecule has 3 aromatic rings. The molecule has 0 bridgehead atoms.